The van der Waals surface area contributed by atoms with Crippen LogP contribution in [0.3, 0.4) is 0 Å². The van der Waals surface area contributed by atoms with Gasteiger partial charge in [-0.3, -0.25) is 0 Å². The standard InChI is InChI=1S/C4H6Br2/c1-2-4(6)3-5/h3H,2H2,1H3. The molecule has 0 amide bonds. The summed E-state index contributed by atoms with van der Waals surface area (Å²) in [5.41, 5.74) is 0. The molecule has 36 valence electrons. The largest absolute Gasteiger partial charge is 0.0608 e. The van der Waals surface area contributed by atoms with E-state index in [0.717, 1.165) is 6.42 Å². The molecule has 0 unspecified atom stereocenters. The van der Waals surface area contributed by atoms with E-state index in [1.54, 1.807) is 0 Å². The van der Waals surface area contributed by atoms with Crippen LogP contribution >= 0.6 is 31.9 Å². The SMILES string of the molecule is CCC(Br)=CBr. The molecule has 0 saturated heterocycles. The molecule has 0 atom stereocenters. The number of hydrogen-bond donors (Lipinski definition) is 0. The van der Waals surface area contributed by atoms with Crippen LogP contribution in [0.2, 0.25) is 0 Å². The third-order valence-electron chi connectivity index (χ3n) is 0.456. The molecule has 0 aliphatic rings. The zero-order chi connectivity index (χ0) is 4.99. The molecule has 0 nitrogen and oxygen atoms in total. The summed E-state index contributed by atoms with van der Waals surface area (Å²) in [7, 11) is 0. The molecule has 0 fully saturated rings. The van der Waals surface area contributed by atoms with Gasteiger partial charge in [0.25, 0.3) is 0 Å². The van der Waals surface area contributed by atoms with Gasteiger partial charge in [0, 0.05) is 4.48 Å². The zero-order valence-corrected chi connectivity index (χ0v) is 6.71. The molecule has 0 heterocycles. The number of hydrogen-bond acceptors (Lipinski definition) is 0. The highest BCUT2D eigenvalue weighted by molar-refractivity contribution is 9.14. The average Bonchev–Trinajstić information content (AvgIpc) is 1.65. The minimum atomic E-state index is 1.06. The molecule has 0 radical (unpaired) electrons. The Morgan fingerprint density at radius 3 is 2.33 bits per heavy atom. The molecule has 0 aliphatic carbocycles. The Labute approximate surface area is 54.9 Å². The summed E-state index contributed by atoms with van der Waals surface area (Å²) in [6.45, 7) is 2.09. The van der Waals surface area contributed by atoms with E-state index in [9.17, 15) is 0 Å². The predicted molar refractivity (Wildman–Crippen MR) is 36.2 cm³/mol. The maximum atomic E-state index is 3.29. The van der Waals surface area contributed by atoms with Crippen molar-refractivity contribution in [3.8, 4) is 0 Å². The van der Waals surface area contributed by atoms with Crippen LogP contribution in [0.4, 0.5) is 0 Å². The molecule has 0 aliphatic heterocycles. The smallest absolute Gasteiger partial charge is 0.00170 e. The lowest BCUT2D eigenvalue weighted by Crippen LogP contribution is -1.55. The fraction of sp³-hybridized carbons (Fsp3) is 0.500. The minimum absolute atomic E-state index is 1.06. The second kappa shape index (κ2) is 3.88. The van der Waals surface area contributed by atoms with Crippen molar-refractivity contribution in [1.29, 1.82) is 0 Å². The Bertz CT molecular complexity index is 56.6. The highest BCUT2D eigenvalue weighted by atomic mass is 79.9. The third-order valence-corrected chi connectivity index (χ3v) is 2.41. The molecule has 0 N–H and O–H groups in total. The first kappa shape index (κ1) is 6.70. The van der Waals surface area contributed by atoms with E-state index in [2.05, 4.69) is 38.8 Å². The average molecular weight is 214 g/mol. The first-order valence-corrected chi connectivity index (χ1v) is 3.47. The van der Waals surface area contributed by atoms with Gasteiger partial charge in [0.15, 0.2) is 0 Å². The van der Waals surface area contributed by atoms with E-state index in [1.807, 2.05) is 4.99 Å². The molecule has 0 aromatic heterocycles. The summed E-state index contributed by atoms with van der Waals surface area (Å²) < 4.78 is 1.20. The van der Waals surface area contributed by atoms with Crippen molar-refractivity contribution in [2.45, 2.75) is 13.3 Å². The van der Waals surface area contributed by atoms with Crippen LogP contribution in [0, 0.1) is 0 Å². The van der Waals surface area contributed by atoms with Gasteiger partial charge in [-0.15, -0.1) is 0 Å². The molecule has 0 aromatic rings. The summed E-state index contributed by atoms with van der Waals surface area (Å²) in [5, 5.41) is 0. The highest BCUT2D eigenvalue weighted by Gasteiger charge is 1.77. The van der Waals surface area contributed by atoms with Crippen LogP contribution in [0.15, 0.2) is 9.47 Å². The van der Waals surface area contributed by atoms with Crippen LogP contribution in [0.5, 0.6) is 0 Å². The Kier molecular flexibility index (Phi) is 4.33. The summed E-state index contributed by atoms with van der Waals surface area (Å²) >= 11 is 6.46. The fourth-order valence-corrected chi connectivity index (χ4v) is 0.401. The van der Waals surface area contributed by atoms with Gasteiger partial charge in [0.2, 0.25) is 0 Å². The monoisotopic (exact) mass is 212 g/mol. The number of halogens is 2. The van der Waals surface area contributed by atoms with E-state index in [-0.39, 0.29) is 0 Å². The van der Waals surface area contributed by atoms with Gasteiger partial charge < -0.3 is 0 Å². The van der Waals surface area contributed by atoms with Crippen molar-refractivity contribution in [2.24, 2.45) is 0 Å². The van der Waals surface area contributed by atoms with Crippen molar-refractivity contribution in [1.82, 2.24) is 0 Å². The molecule has 0 spiro atoms. The Morgan fingerprint density at radius 2 is 2.33 bits per heavy atom. The molecular weight excluding hydrogens is 208 g/mol. The number of allylic oxidation sites excluding steroid dienone is 1. The Balaban J connectivity index is 3.22. The van der Waals surface area contributed by atoms with Gasteiger partial charge in [-0.05, 0) is 11.4 Å². The Morgan fingerprint density at radius 1 is 1.83 bits per heavy atom. The Hall–Kier alpha value is 0.700. The molecule has 0 rings (SSSR count). The van der Waals surface area contributed by atoms with E-state index >= 15 is 0 Å². The lowest BCUT2D eigenvalue weighted by Gasteiger charge is -1.80. The van der Waals surface area contributed by atoms with Gasteiger partial charge >= 0.3 is 0 Å². The summed E-state index contributed by atoms with van der Waals surface area (Å²) in [5.74, 6) is 0. The molecule has 6 heavy (non-hydrogen) atoms. The zero-order valence-electron chi connectivity index (χ0n) is 3.54. The quantitative estimate of drug-likeness (QED) is 0.629. The molecule has 0 aromatic carbocycles. The van der Waals surface area contributed by atoms with Crippen LogP contribution < -0.4 is 0 Å². The normalized spacial score (nSPS) is 12.2. The summed E-state index contributed by atoms with van der Waals surface area (Å²) in [6.07, 6.45) is 1.06. The van der Waals surface area contributed by atoms with Crippen molar-refractivity contribution in [3.05, 3.63) is 9.47 Å². The van der Waals surface area contributed by atoms with Crippen LogP contribution in [0.25, 0.3) is 0 Å². The number of rotatable bonds is 1. The van der Waals surface area contributed by atoms with E-state index in [4.69, 9.17) is 0 Å². The van der Waals surface area contributed by atoms with Gasteiger partial charge in [-0.1, -0.05) is 38.8 Å². The van der Waals surface area contributed by atoms with Gasteiger partial charge in [-0.25, -0.2) is 0 Å². The first-order valence-electron chi connectivity index (χ1n) is 1.76. The van der Waals surface area contributed by atoms with Gasteiger partial charge in [0.1, 0.15) is 0 Å². The first-order chi connectivity index (χ1) is 2.81. The van der Waals surface area contributed by atoms with Gasteiger partial charge in [-0.2, -0.15) is 0 Å². The van der Waals surface area contributed by atoms with Crippen molar-refractivity contribution < 1.29 is 0 Å². The molecule has 2 heteroatoms. The van der Waals surface area contributed by atoms with Crippen LogP contribution in [0.1, 0.15) is 13.3 Å². The van der Waals surface area contributed by atoms with Crippen molar-refractivity contribution in [3.63, 3.8) is 0 Å². The second-order valence-corrected chi connectivity index (χ2v) is 2.39. The second-order valence-electron chi connectivity index (χ2n) is 0.910. The van der Waals surface area contributed by atoms with Crippen molar-refractivity contribution >= 4 is 31.9 Å². The van der Waals surface area contributed by atoms with Crippen molar-refractivity contribution in [2.75, 3.05) is 0 Å². The highest BCUT2D eigenvalue weighted by Crippen LogP contribution is 2.10. The van der Waals surface area contributed by atoms with E-state index in [0.29, 0.717) is 0 Å². The lowest BCUT2D eigenvalue weighted by molar-refractivity contribution is 1.21. The minimum Gasteiger partial charge on any atom is -0.0608 e. The maximum absolute atomic E-state index is 3.29. The van der Waals surface area contributed by atoms with E-state index < -0.39 is 0 Å². The van der Waals surface area contributed by atoms with Crippen LogP contribution in [-0.4, -0.2) is 0 Å². The molecule has 0 bridgehead atoms. The predicted octanol–water partition coefficient (Wildman–Crippen LogP) is 3.03. The topological polar surface area (TPSA) is 0 Å². The molecular formula is C4H6Br2. The summed E-state index contributed by atoms with van der Waals surface area (Å²) in [4.78, 5) is 1.87. The fourth-order valence-electron chi connectivity index (χ4n) is 0.0772. The van der Waals surface area contributed by atoms with Crippen LogP contribution in [-0.2, 0) is 0 Å². The summed E-state index contributed by atoms with van der Waals surface area (Å²) in [6, 6.07) is 0. The van der Waals surface area contributed by atoms with Gasteiger partial charge in [0.05, 0.1) is 0 Å². The maximum Gasteiger partial charge on any atom is 0.00170 e. The lowest BCUT2D eigenvalue weighted by atomic mass is 10.5. The third kappa shape index (κ3) is 2.91. The van der Waals surface area contributed by atoms with E-state index in [1.165, 1.54) is 4.48 Å². The molecule has 0 saturated carbocycles.